The standard InChI is InChI=1S/C12H10N2O4/c15-12(16)7-6-10-13-14-11(18-10)8-17-9-4-2-1-3-5-9/h1-7H,8H2,(H,15,16)/b7-6-. The van der Waals surface area contributed by atoms with Gasteiger partial charge in [-0.25, -0.2) is 4.79 Å². The van der Waals surface area contributed by atoms with E-state index in [-0.39, 0.29) is 18.4 Å². The van der Waals surface area contributed by atoms with E-state index < -0.39 is 5.97 Å². The van der Waals surface area contributed by atoms with Crippen molar-refractivity contribution in [1.82, 2.24) is 10.2 Å². The van der Waals surface area contributed by atoms with Gasteiger partial charge in [0, 0.05) is 12.2 Å². The number of aromatic nitrogens is 2. The van der Waals surface area contributed by atoms with Gasteiger partial charge in [0.05, 0.1) is 0 Å². The number of nitrogens with zero attached hydrogens (tertiary/aromatic N) is 2. The third-order valence-corrected chi connectivity index (χ3v) is 1.96. The minimum atomic E-state index is -1.07. The molecule has 0 saturated heterocycles. The number of hydrogen-bond donors (Lipinski definition) is 1. The van der Waals surface area contributed by atoms with Gasteiger partial charge in [0.25, 0.3) is 5.89 Å². The Bertz CT molecular complexity index is 548. The molecule has 1 heterocycles. The van der Waals surface area contributed by atoms with E-state index in [0.29, 0.717) is 5.75 Å². The zero-order valence-corrected chi connectivity index (χ0v) is 9.31. The van der Waals surface area contributed by atoms with Crippen molar-refractivity contribution in [3.05, 3.63) is 48.2 Å². The van der Waals surface area contributed by atoms with Crippen LogP contribution in [-0.4, -0.2) is 21.3 Å². The third kappa shape index (κ3) is 3.44. The Morgan fingerprint density at radius 2 is 2.11 bits per heavy atom. The van der Waals surface area contributed by atoms with Crippen molar-refractivity contribution in [2.45, 2.75) is 6.61 Å². The molecule has 0 bridgehead atoms. The predicted octanol–water partition coefficient (Wildman–Crippen LogP) is 1.75. The molecule has 0 saturated carbocycles. The molecule has 1 aromatic heterocycles. The van der Waals surface area contributed by atoms with Crippen LogP contribution in [0.4, 0.5) is 0 Å². The zero-order chi connectivity index (χ0) is 12.8. The summed E-state index contributed by atoms with van der Waals surface area (Å²) in [5, 5.41) is 15.8. The Kier molecular flexibility index (Phi) is 3.70. The first-order valence-electron chi connectivity index (χ1n) is 5.15. The van der Waals surface area contributed by atoms with Crippen molar-refractivity contribution in [2.75, 3.05) is 0 Å². The van der Waals surface area contributed by atoms with Gasteiger partial charge in [0.15, 0.2) is 6.61 Å². The molecule has 0 fully saturated rings. The van der Waals surface area contributed by atoms with E-state index in [2.05, 4.69) is 10.2 Å². The summed E-state index contributed by atoms with van der Waals surface area (Å²) in [6.07, 6.45) is 2.15. The lowest BCUT2D eigenvalue weighted by atomic mass is 10.3. The van der Waals surface area contributed by atoms with Crippen molar-refractivity contribution >= 4 is 12.0 Å². The Morgan fingerprint density at radius 1 is 1.33 bits per heavy atom. The average molecular weight is 246 g/mol. The number of carboxylic acids is 1. The van der Waals surface area contributed by atoms with Crippen molar-refractivity contribution in [2.24, 2.45) is 0 Å². The van der Waals surface area contributed by atoms with Gasteiger partial charge in [0.1, 0.15) is 5.75 Å². The van der Waals surface area contributed by atoms with Gasteiger partial charge in [0.2, 0.25) is 5.89 Å². The van der Waals surface area contributed by atoms with E-state index in [9.17, 15) is 4.79 Å². The fourth-order valence-electron chi connectivity index (χ4n) is 1.20. The molecule has 92 valence electrons. The molecule has 6 heteroatoms. The molecule has 6 nitrogen and oxygen atoms in total. The number of ether oxygens (including phenoxy) is 1. The molecular weight excluding hydrogens is 236 g/mol. The molecule has 2 aromatic rings. The summed E-state index contributed by atoms with van der Waals surface area (Å²) in [4.78, 5) is 10.3. The Morgan fingerprint density at radius 3 is 2.83 bits per heavy atom. The maximum absolute atomic E-state index is 10.3. The second-order valence-corrected chi connectivity index (χ2v) is 3.31. The minimum absolute atomic E-state index is 0.129. The lowest BCUT2D eigenvalue weighted by molar-refractivity contribution is -0.131. The van der Waals surface area contributed by atoms with Crippen LogP contribution in [-0.2, 0) is 11.4 Å². The van der Waals surface area contributed by atoms with Crippen molar-refractivity contribution in [3.63, 3.8) is 0 Å². The highest BCUT2D eigenvalue weighted by Gasteiger charge is 2.04. The van der Waals surface area contributed by atoms with Crippen LogP contribution in [0.25, 0.3) is 6.08 Å². The van der Waals surface area contributed by atoms with Crippen LogP contribution in [0.5, 0.6) is 5.75 Å². The number of benzene rings is 1. The molecule has 0 aliphatic heterocycles. The Balaban J connectivity index is 1.93. The second kappa shape index (κ2) is 5.62. The molecule has 0 atom stereocenters. The van der Waals surface area contributed by atoms with Gasteiger partial charge in [-0.15, -0.1) is 10.2 Å². The molecule has 0 radical (unpaired) electrons. The normalized spacial score (nSPS) is 10.7. The van der Waals surface area contributed by atoms with Crippen LogP contribution in [0, 0.1) is 0 Å². The third-order valence-electron chi connectivity index (χ3n) is 1.96. The number of carboxylic acid groups (broad SMARTS) is 1. The lowest BCUT2D eigenvalue weighted by Gasteiger charge is -2.01. The molecule has 0 aliphatic carbocycles. The van der Waals surface area contributed by atoms with Crippen LogP contribution >= 0.6 is 0 Å². The quantitative estimate of drug-likeness (QED) is 0.809. The maximum atomic E-state index is 10.3. The number of hydrogen-bond acceptors (Lipinski definition) is 5. The summed E-state index contributed by atoms with van der Waals surface area (Å²) >= 11 is 0. The number of carbonyl (C=O) groups is 1. The first kappa shape index (κ1) is 11.8. The highest BCUT2D eigenvalue weighted by Crippen LogP contribution is 2.11. The molecule has 18 heavy (non-hydrogen) atoms. The van der Waals surface area contributed by atoms with Gasteiger partial charge in [-0.3, -0.25) is 0 Å². The summed E-state index contributed by atoms with van der Waals surface area (Å²) in [6.45, 7) is 0.137. The molecule has 0 amide bonds. The van der Waals surface area contributed by atoms with Crippen LogP contribution < -0.4 is 4.74 Å². The summed E-state index contributed by atoms with van der Waals surface area (Å²) in [5.41, 5.74) is 0. The Hall–Kier alpha value is -2.63. The molecule has 1 aromatic carbocycles. The number of para-hydroxylation sites is 1. The van der Waals surface area contributed by atoms with Crippen LogP contribution in [0.15, 0.2) is 40.8 Å². The van der Waals surface area contributed by atoms with Gasteiger partial charge in [-0.05, 0) is 12.1 Å². The van der Waals surface area contributed by atoms with Crippen molar-refractivity contribution < 1.29 is 19.1 Å². The summed E-state index contributed by atoms with van der Waals surface area (Å²) in [7, 11) is 0. The lowest BCUT2D eigenvalue weighted by Crippen LogP contribution is -1.95. The number of rotatable bonds is 5. The van der Waals surface area contributed by atoms with Crippen molar-refractivity contribution in [3.8, 4) is 5.75 Å². The summed E-state index contributed by atoms with van der Waals surface area (Å²) in [5.74, 6) is 0.0292. The fourth-order valence-corrected chi connectivity index (χ4v) is 1.20. The predicted molar refractivity (Wildman–Crippen MR) is 61.7 cm³/mol. The summed E-state index contributed by atoms with van der Waals surface area (Å²) < 4.78 is 10.6. The second-order valence-electron chi connectivity index (χ2n) is 3.31. The molecule has 2 rings (SSSR count). The molecular formula is C12H10N2O4. The van der Waals surface area contributed by atoms with E-state index in [4.69, 9.17) is 14.3 Å². The van der Waals surface area contributed by atoms with Crippen LogP contribution in [0.2, 0.25) is 0 Å². The molecule has 1 N–H and O–H groups in total. The molecule has 0 unspecified atom stereocenters. The largest absolute Gasteiger partial charge is 0.484 e. The Labute approximate surface area is 103 Å². The van der Waals surface area contributed by atoms with Crippen LogP contribution in [0.1, 0.15) is 11.8 Å². The number of aliphatic carboxylic acids is 1. The fraction of sp³-hybridized carbons (Fsp3) is 0.0833. The average Bonchev–Trinajstić information content (AvgIpc) is 2.83. The van der Waals surface area contributed by atoms with E-state index in [0.717, 1.165) is 6.08 Å². The smallest absolute Gasteiger partial charge is 0.328 e. The minimum Gasteiger partial charge on any atom is -0.484 e. The van der Waals surface area contributed by atoms with Gasteiger partial charge >= 0.3 is 5.97 Å². The molecule has 0 aliphatic rings. The first-order chi connectivity index (χ1) is 8.74. The van der Waals surface area contributed by atoms with Gasteiger partial charge in [-0.1, -0.05) is 18.2 Å². The zero-order valence-electron chi connectivity index (χ0n) is 9.31. The van der Waals surface area contributed by atoms with E-state index >= 15 is 0 Å². The van der Waals surface area contributed by atoms with E-state index in [1.165, 1.54) is 6.08 Å². The highest BCUT2D eigenvalue weighted by molar-refractivity contribution is 5.84. The maximum Gasteiger partial charge on any atom is 0.328 e. The van der Waals surface area contributed by atoms with Gasteiger partial charge in [-0.2, -0.15) is 0 Å². The van der Waals surface area contributed by atoms with Crippen LogP contribution in [0.3, 0.4) is 0 Å². The van der Waals surface area contributed by atoms with E-state index in [1.807, 2.05) is 30.3 Å². The van der Waals surface area contributed by atoms with E-state index in [1.54, 1.807) is 0 Å². The topological polar surface area (TPSA) is 85.5 Å². The van der Waals surface area contributed by atoms with Gasteiger partial charge < -0.3 is 14.3 Å². The monoisotopic (exact) mass is 246 g/mol. The SMILES string of the molecule is O=C(O)/C=C\c1nnc(COc2ccccc2)o1. The highest BCUT2D eigenvalue weighted by atomic mass is 16.5. The molecule has 0 spiro atoms. The first-order valence-corrected chi connectivity index (χ1v) is 5.15. The van der Waals surface area contributed by atoms with Crippen molar-refractivity contribution in [1.29, 1.82) is 0 Å². The summed E-state index contributed by atoms with van der Waals surface area (Å²) in [6, 6.07) is 9.20.